The summed E-state index contributed by atoms with van der Waals surface area (Å²) in [5.74, 6) is 0. The second-order valence-corrected chi connectivity index (χ2v) is 3.62. The average Bonchev–Trinajstić information content (AvgIpc) is 2.02. The van der Waals surface area contributed by atoms with E-state index in [1.54, 1.807) is 18.2 Å². The Morgan fingerprint density at radius 3 is 2.23 bits per heavy atom. The molecule has 0 radical (unpaired) electrons. The lowest BCUT2D eigenvalue weighted by Gasteiger charge is -2.11. The first-order valence-corrected chi connectivity index (χ1v) is 4.52. The fourth-order valence-electron chi connectivity index (χ4n) is 0.859. The van der Waals surface area contributed by atoms with Crippen LogP contribution in [0.25, 0.3) is 5.57 Å². The first-order valence-electron chi connectivity index (χ1n) is 3.44. The lowest BCUT2D eigenvalue weighted by molar-refractivity contribution is -0.0687. The molecule has 13 heavy (non-hydrogen) atoms. The molecule has 0 aromatic heterocycles. The smallest absolute Gasteiger partial charge is 0.166 e. The number of halogens is 4. The van der Waals surface area contributed by atoms with E-state index >= 15 is 0 Å². The van der Waals surface area contributed by atoms with Gasteiger partial charge < -0.3 is 0 Å². The molecule has 4 heteroatoms. The molecule has 0 saturated carbocycles. The summed E-state index contributed by atoms with van der Waals surface area (Å²) in [7, 11) is 0. The van der Waals surface area contributed by atoms with Gasteiger partial charge in [0.1, 0.15) is 0 Å². The van der Waals surface area contributed by atoms with Gasteiger partial charge in [-0.05, 0) is 34.2 Å². The minimum atomic E-state index is -4.35. The zero-order valence-electron chi connectivity index (χ0n) is 6.53. The summed E-state index contributed by atoms with van der Waals surface area (Å²) in [6.07, 6.45) is -4.35. The maximum absolute atomic E-state index is 12.2. The Morgan fingerprint density at radius 2 is 1.77 bits per heavy atom. The fraction of sp³-hybridized carbons (Fsp3) is 0.111. The van der Waals surface area contributed by atoms with Crippen LogP contribution in [0.1, 0.15) is 5.56 Å². The van der Waals surface area contributed by atoms with Crippen molar-refractivity contribution in [1.82, 2.24) is 0 Å². The largest absolute Gasteiger partial charge is 0.416 e. The van der Waals surface area contributed by atoms with E-state index in [0.29, 0.717) is 3.57 Å². The summed E-state index contributed by atoms with van der Waals surface area (Å²) in [6.45, 7) is 3.03. The SMILES string of the molecule is C=C(c1ccccc1I)C(F)(F)F. The highest BCUT2D eigenvalue weighted by molar-refractivity contribution is 14.1. The van der Waals surface area contributed by atoms with Gasteiger partial charge >= 0.3 is 6.18 Å². The fourth-order valence-corrected chi connectivity index (χ4v) is 1.57. The van der Waals surface area contributed by atoms with Gasteiger partial charge in [0.15, 0.2) is 0 Å². The molecule has 0 spiro atoms. The molecule has 70 valence electrons. The van der Waals surface area contributed by atoms with Crippen LogP contribution in [0.5, 0.6) is 0 Å². The summed E-state index contributed by atoms with van der Waals surface area (Å²) >= 11 is 1.85. The molecule has 0 fully saturated rings. The third-order valence-corrected chi connectivity index (χ3v) is 2.48. The van der Waals surface area contributed by atoms with E-state index in [4.69, 9.17) is 0 Å². The van der Waals surface area contributed by atoms with Gasteiger partial charge in [-0.25, -0.2) is 0 Å². The van der Waals surface area contributed by atoms with Crippen molar-refractivity contribution in [2.75, 3.05) is 0 Å². The highest BCUT2D eigenvalue weighted by atomic mass is 127. The van der Waals surface area contributed by atoms with E-state index in [1.165, 1.54) is 6.07 Å². The predicted octanol–water partition coefficient (Wildman–Crippen LogP) is 3.87. The minimum Gasteiger partial charge on any atom is -0.166 e. The van der Waals surface area contributed by atoms with Gasteiger partial charge in [0.05, 0.1) is 5.57 Å². The lowest BCUT2D eigenvalue weighted by atomic mass is 10.1. The Kier molecular flexibility index (Phi) is 3.00. The summed E-state index contributed by atoms with van der Waals surface area (Å²) in [5.41, 5.74) is -0.645. The summed E-state index contributed by atoms with van der Waals surface area (Å²) in [6, 6.07) is 6.29. The van der Waals surface area contributed by atoms with E-state index in [-0.39, 0.29) is 5.56 Å². The van der Waals surface area contributed by atoms with Crippen molar-refractivity contribution in [3.05, 3.63) is 40.0 Å². The Labute approximate surface area is 87.6 Å². The standard InChI is InChI=1S/C9H6F3I/c1-6(9(10,11)12)7-4-2-3-5-8(7)13/h2-5H,1H2. The van der Waals surface area contributed by atoms with Crippen molar-refractivity contribution in [2.24, 2.45) is 0 Å². The molecular weight excluding hydrogens is 292 g/mol. The van der Waals surface area contributed by atoms with Gasteiger partial charge in [-0.3, -0.25) is 0 Å². The molecule has 0 unspecified atom stereocenters. The first kappa shape index (κ1) is 10.6. The number of hydrogen-bond donors (Lipinski definition) is 0. The molecule has 1 aromatic rings. The number of alkyl halides is 3. The molecule has 0 nitrogen and oxygen atoms in total. The maximum Gasteiger partial charge on any atom is 0.416 e. The van der Waals surface area contributed by atoms with Crippen LogP contribution >= 0.6 is 22.6 Å². The van der Waals surface area contributed by atoms with Crippen LogP contribution in [0.15, 0.2) is 30.8 Å². The van der Waals surface area contributed by atoms with E-state index in [2.05, 4.69) is 6.58 Å². The quantitative estimate of drug-likeness (QED) is 0.691. The van der Waals surface area contributed by atoms with E-state index < -0.39 is 11.7 Å². The van der Waals surface area contributed by atoms with E-state index in [9.17, 15) is 13.2 Å². The number of benzene rings is 1. The monoisotopic (exact) mass is 298 g/mol. The van der Waals surface area contributed by atoms with Crippen molar-refractivity contribution in [3.63, 3.8) is 0 Å². The van der Waals surface area contributed by atoms with Crippen molar-refractivity contribution in [2.45, 2.75) is 6.18 Å². The van der Waals surface area contributed by atoms with Crippen molar-refractivity contribution >= 4 is 28.2 Å². The number of hydrogen-bond acceptors (Lipinski definition) is 0. The Morgan fingerprint density at radius 1 is 1.23 bits per heavy atom. The van der Waals surface area contributed by atoms with Gasteiger partial charge in [0, 0.05) is 3.57 Å². The summed E-state index contributed by atoms with van der Waals surface area (Å²) in [5, 5.41) is 0. The molecule has 0 aliphatic rings. The molecule has 0 atom stereocenters. The Hall–Kier alpha value is -0.520. The van der Waals surface area contributed by atoms with Crippen molar-refractivity contribution in [1.29, 1.82) is 0 Å². The van der Waals surface area contributed by atoms with E-state index in [0.717, 1.165) is 0 Å². The van der Waals surface area contributed by atoms with Crippen LogP contribution in [-0.2, 0) is 0 Å². The molecule has 1 rings (SSSR count). The molecule has 0 N–H and O–H groups in total. The number of rotatable bonds is 1. The second kappa shape index (κ2) is 3.69. The zero-order valence-corrected chi connectivity index (χ0v) is 8.69. The first-order chi connectivity index (χ1) is 5.93. The highest BCUT2D eigenvalue weighted by Crippen LogP contribution is 2.34. The molecule has 1 aromatic carbocycles. The van der Waals surface area contributed by atoms with Crippen LogP contribution in [-0.4, -0.2) is 6.18 Å². The maximum atomic E-state index is 12.2. The molecular formula is C9H6F3I. The molecule has 0 heterocycles. The molecule has 0 aliphatic carbocycles. The molecule has 0 amide bonds. The zero-order chi connectivity index (χ0) is 10.1. The van der Waals surface area contributed by atoms with Crippen LogP contribution in [0.2, 0.25) is 0 Å². The van der Waals surface area contributed by atoms with Gasteiger partial charge in [0.25, 0.3) is 0 Å². The minimum absolute atomic E-state index is 0.149. The average molecular weight is 298 g/mol. The Bertz CT molecular complexity index is 328. The van der Waals surface area contributed by atoms with Crippen LogP contribution in [0.3, 0.4) is 0 Å². The third kappa shape index (κ3) is 2.46. The second-order valence-electron chi connectivity index (χ2n) is 2.46. The van der Waals surface area contributed by atoms with E-state index in [1.807, 2.05) is 22.6 Å². The summed E-state index contributed by atoms with van der Waals surface area (Å²) in [4.78, 5) is 0. The van der Waals surface area contributed by atoms with Gasteiger partial charge in [-0.2, -0.15) is 13.2 Å². The van der Waals surface area contributed by atoms with Crippen LogP contribution < -0.4 is 0 Å². The van der Waals surface area contributed by atoms with Crippen molar-refractivity contribution < 1.29 is 13.2 Å². The third-order valence-electron chi connectivity index (χ3n) is 1.54. The van der Waals surface area contributed by atoms with Crippen LogP contribution in [0.4, 0.5) is 13.2 Å². The van der Waals surface area contributed by atoms with Gasteiger partial charge in [-0.15, -0.1) is 0 Å². The topological polar surface area (TPSA) is 0 Å². The normalized spacial score (nSPS) is 11.4. The predicted molar refractivity (Wildman–Crippen MR) is 54.2 cm³/mol. The van der Waals surface area contributed by atoms with Gasteiger partial charge in [0.2, 0.25) is 0 Å². The highest BCUT2D eigenvalue weighted by Gasteiger charge is 2.33. The molecule has 0 aliphatic heterocycles. The lowest BCUT2D eigenvalue weighted by Crippen LogP contribution is -2.10. The number of allylic oxidation sites excluding steroid dienone is 1. The molecule has 0 saturated heterocycles. The summed E-state index contributed by atoms with van der Waals surface area (Å²) < 4.78 is 37.2. The molecule has 0 bridgehead atoms. The van der Waals surface area contributed by atoms with Crippen LogP contribution in [0, 0.1) is 3.57 Å². The Balaban J connectivity index is 3.10. The van der Waals surface area contributed by atoms with Gasteiger partial charge in [-0.1, -0.05) is 24.8 Å². The van der Waals surface area contributed by atoms with Crippen molar-refractivity contribution in [3.8, 4) is 0 Å².